The molecule has 1 aliphatic heterocycles. The number of hydrogen-bond donors (Lipinski definition) is 4. The van der Waals surface area contributed by atoms with Crippen LogP contribution in [0.5, 0.6) is 0 Å². The lowest BCUT2D eigenvalue weighted by atomic mass is 9.96. The maximum Gasteiger partial charge on any atom is 0.220 e. The Bertz CT molecular complexity index is 806. The standard InChI is InChI=1S/C22H34N6O/c1-24-22(26-12-8-18-16-27-20-7-3-2-6-19(18)20)25-11-4-5-13-28-14-9-17(10-15-28)21(23)29/h2-3,6-7,16-17,27H,4-5,8-15H2,1H3,(H2,23,29)(H2,24,25,26). The minimum absolute atomic E-state index is 0.0755. The van der Waals surface area contributed by atoms with Crippen LogP contribution in [0.15, 0.2) is 35.5 Å². The van der Waals surface area contributed by atoms with Crippen molar-refractivity contribution in [1.29, 1.82) is 0 Å². The van der Waals surface area contributed by atoms with Gasteiger partial charge in [-0.25, -0.2) is 0 Å². The van der Waals surface area contributed by atoms with Crippen LogP contribution in [0.4, 0.5) is 0 Å². The number of guanidine groups is 1. The Balaban J connectivity index is 1.27. The zero-order valence-corrected chi connectivity index (χ0v) is 17.4. The van der Waals surface area contributed by atoms with E-state index < -0.39 is 0 Å². The zero-order chi connectivity index (χ0) is 20.5. The molecule has 5 N–H and O–H groups in total. The van der Waals surface area contributed by atoms with Crippen LogP contribution in [0.1, 0.15) is 31.2 Å². The molecule has 1 amide bonds. The van der Waals surface area contributed by atoms with Gasteiger partial charge in [0.15, 0.2) is 5.96 Å². The molecule has 2 aromatic rings. The number of nitrogens with one attached hydrogen (secondary N) is 3. The molecule has 29 heavy (non-hydrogen) atoms. The van der Waals surface area contributed by atoms with Gasteiger partial charge in [-0.05, 0) is 63.4 Å². The number of piperidine rings is 1. The maximum atomic E-state index is 11.2. The van der Waals surface area contributed by atoms with E-state index in [1.165, 1.54) is 16.5 Å². The number of nitrogens with two attached hydrogens (primary N) is 1. The number of H-pyrrole nitrogens is 1. The van der Waals surface area contributed by atoms with Crippen molar-refractivity contribution in [2.75, 3.05) is 39.8 Å². The summed E-state index contributed by atoms with van der Waals surface area (Å²) in [6.45, 7) is 4.80. The Morgan fingerprint density at radius 3 is 2.72 bits per heavy atom. The Hall–Kier alpha value is -2.54. The predicted octanol–water partition coefficient (Wildman–Crippen LogP) is 1.85. The number of unbranched alkanes of at least 4 members (excludes halogenated alkanes) is 1. The minimum atomic E-state index is -0.141. The Morgan fingerprint density at radius 1 is 1.21 bits per heavy atom. The summed E-state index contributed by atoms with van der Waals surface area (Å²) in [6.07, 6.45) is 7.08. The van der Waals surface area contributed by atoms with E-state index in [0.717, 1.165) is 70.8 Å². The average Bonchev–Trinajstić information content (AvgIpc) is 3.15. The summed E-state index contributed by atoms with van der Waals surface area (Å²) in [5.41, 5.74) is 7.90. The fraction of sp³-hybridized carbons (Fsp3) is 0.545. The van der Waals surface area contributed by atoms with Gasteiger partial charge in [0.05, 0.1) is 0 Å². The molecule has 1 aromatic carbocycles. The van der Waals surface area contributed by atoms with Crippen LogP contribution in [0.25, 0.3) is 10.9 Å². The monoisotopic (exact) mass is 398 g/mol. The SMILES string of the molecule is CN=C(NCCCCN1CCC(C(N)=O)CC1)NCCc1c[nH]c2ccccc12. The number of nitrogens with zero attached hydrogens (tertiary/aromatic N) is 2. The predicted molar refractivity (Wildman–Crippen MR) is 119 cm³/mol. The van der Waals surface area contributed by atoms with Gasteiger partial charge < -0.3 is 26.3 Å². The molecule has 1 saturated heterocycles. The molecule has 0 atom stereocenters. The second kappa shape index (κ2) is 10.9. The third kappa shape index (κ3) is 6.22. The van der Waals surface area contributed by atoms with E-state index in [1.807, 2.05) is 7.05 Å². The van der Waals surface area contributed by atoms with Crippen molar-refractivity contribution in [1.82, 2.24) is 20.5 Å². The zero-order valence-electron chi connectivity index (χ0n) is 17.4. The Morgan fingerprint density at radius 2 is 1.97 bits per heavy atom. The molecule has 7 heteroatoms. The van der Waals surface area contributed by atoms with Crippen LogP contribution < -0.4 is 16.4 Å². The molecule has 0 unspecified atom stereocenters. The molecule has 2 heterocycles. The highest BCUT2D eigenvalue weighted by molar-refractivity contribution is 5.83. The number of carbonyl (C=O) groups is 1. The van der Waals surface area contributed by atoms with Crippen LogP contribution in [-0.4, -0.2) is 61.5 Å². The number of para-hydroxylation sites is 1. The van der Waals surface area contributed by atoms with E-state index in [0.29, 0.717) is 0 Å². The highest BCUT2D eigenvalue weighted by Crippen LogP contribution is 2.18. The van der Waals surface area contributed by atoms with Crippen LogP contribution >= 0.6 is 0 Å². The van der Waals surface area contributed by atoms with Gasteiger partial charge in [0, 0.05) is 43.2 Å². The molecule has 0 aliphatic carbocycles. The van der Waals surface area contributed by atoms with Crippen LogP contribution in [0.2, 0.25) is 0 Å². The fourth-order valence-electron chi connectivity index (χ4n) is 3.98. The molecule has 158 valence electrons. The van der Waals surface area contributed by atoms with E-state index in [9.17, 15) is 4.79 Å². The number of aliphatic imine (C=N–C) groups is 1. The van der Waals surface area contributed by atoms with E-state index in [2.05, 4.69) is 56.0 Å². The van der Waals surface area contributed by atoms with Crippen molar-refractivity contribution in [2.24, 2.45) is 16.6 Å². The number of likely N-dealkylation sites (tertiary alicyclic amines) is 1. The van der Waals surface area contributed by atoms with Gasteiger partial charge in [-0.1, -0.05) is 18.2 Å². The molecule has 3 rings (SSSR count). The van der Waals surface area contributed by atoms with Crippen molar-refractivity contribution < 1.29 is 4.79 Å². The quantitative estimate of drug-likeness (QED) is 0.294. The summed E-state index contributed by atoms with van der Waals surface area (Å²) in [5, 5.41) is 8.09. The molecule has 1 aromatic heterocycles. The highest BCUT2D eigenvalue weighted by Gasteiger charge is 2.22. The van der Waals surface area contributed by atoms with Gasteiger partial charge in [-0.15, -0.1) is 0 Å². The van der Waals surface area contributed by atoms with Crippen LogP contribution in [0, 0.1) is 5.92 Å². The van der Waals surface area contributed by atoms with Crippen molar-refractivity contribution >= 4 is 22.8 Å². The van der Waals surface area contributed by atoms with E-state index in [-0.39, 0.29) is 11.8 Å². The van der Waals surface area contributed by atoms with Gasteiger partial charge in [0.1, 0.15) is 0 Å². The third-order valence-corrected chi connectivity index (χ3v) is 5.77. The summed E-state index contributed by atoms with van der Waals surface area (Å²) >= 11 is 0. The summed E-state index contributed by atoms with van der Waals surface area (Å²) in [4.78, 5) is 21.3. The maximum absolute atomic E-state index is 11.2. The lowest BCUT2D eigenvalue weighted by Crippen LogP contribution is -2.40. The lowest BCUT2D eigenvalue weighted by molar-refractivity contribution is -0.123. The number of aromatic nitrogens is 1. The molecule has 1 aliphatic rings. The summed E-state index contributed by atoms with van der Waals surface area (Å²) in [6, 6.07) is 8.39. The first-order valence-electron chi connectivity index (χ1n) is 10.7. The average molecular weight is 399 g/mol. The van der Waals surface area contributed by atoms with Gasteiger partial charge in [-0.3, -0.25) is 9.79 Å². The molecule has 0 spiro atoms. The topological polar surface area (TPSA) is 98.5 Å². The number of rotatable bonds is 9. The van der Waals surface area contributed by atoms with E-state index >= 15 is 0 Å². The van der Waals surface area contributed by atoms with Crippen LogP contribution in [-0.2, 0) is 11.2 Å². The second-order valence-electron chi connectivity index (χ2n) is 7.76. The molecule has 0 radical (unpaired) electrons. The largest absolute Gasteiger partial charge is 0.369 e. The first-order chi connectivity index (χ1) is 14.2. The van der Waals surface area contributed by atoms with Crippen LogP contribution in [0.3, 0.4) is 0 Å². The molecular weight excluding hydrogens is 364 g/mol. The number of amides is 1. The Labute approximate surface area is 173 Å². The van der Waals surface area contributed by atoms with Gasteiger partial charge in [0.2, 0.25) is 5.91 Å². The summed E-state index contributed by atoms with van der Waals surface area (Å²) in [5.74, 6) is 0.788. The fourth-order valence-corrected chi connectivity index (χ4v) is 3.98. The minimum Gasteiger partial charge on any atom is -0.369 e. The number of benzene rings is 1. The molecule has 1 fully saturated rings. The van der Waals surface area contributed by atoms with Gasteiger partial charge >= 0.3 is 0 Å². The normalized spacial score (nSPS) is 16.2. The number of hydrogen-bond acceptors (Lipinski definition) is 3. The summed E-state index contributed by atoms with van der Waals surface area (Å²) in [7, 11) is 1.81. The summed E-state index contributed by atoms with van der Waals surface area (Å²) < 4.78 is 0. The third-order valence-electron chi connectivity index (χ3n) is 5.77. The van der Waals surface area contributed by atoms with E-state index in [4.69, 9.17) is 5.73 Å². The Kier molecular flexibility index (Phi) is 7.93. The molecule has 7 nitrogen and oxygen atoms in total. The van der Waals surface area contributed by atoms with Gasteiger partial charge in [0.25, 0.3) is 0 Å². The lowest BCUT2D eigenvalue weighted by Gasteiger charge is -2.30. The number of carbonyl (C=O) groups excluding carboxylic acids is 1. The number of aromatic amines is 1. The van der Waals surface area contributed by atoms with Crippen molar-refractivity contribution in [3.8, 4) is 0 Å². The smallest absolute Gasteiger partial charge is 0.220 e. The van der Waals surface area contributed by atoms with Crippen molar-refractivity contribution in [3.05, 3.63) is 36.0 Å². The highest BCUT2D eigenvalue weighted by atomic mass is 16.1. The van der Waals surface area contributed by atoms with Gasteiger partial charge in [-0.2, -0.15) is 0 Å². The number of primary amides is 1. The van der Waals surface area contributed by atoms with Crippen molar-refractivity contribution in [2.45, 2.75) is 32.1 Å². The first-order valence-corrected chi connectivity index (χ1v) is 10.7. The molecule has 0 bridgehead atoms. The van der Waals surface area contributed by atoms with E-state index in [1.54, 1.807) is 0 Å². The molecule has 0 saturated carbocycles. The second-order valence-corrected chi connectivity index (χ2v) is 7.76. The first kappa shape index (κ1) is 21.2. The number of fused-ring (bicyclic) bond motifs is 1. The van der Waals surface area contributed by atoms with Crippen molar-refractivity contribution in [3.63, 3.8) is 0 Å². The molecular formula is C22H34N6O.